The third kappa shape index (κ3) is 3.77. The number of benzene rings is 1. The van der Waals surface area contributed by atoms with Crippen molar-refractivity contribution in [3.63, 3.8) is 0 Å². The summed E-state index contributed by atoms with van der Waals surface area (Å²) in [7, 11) is 0. The zero-order chi connectivity index (χ0) is 15.3. The molecule has 0 atom stereocenters. The standard InChI is InChI=1S/C14H20N2O4/c1-10(2)15(7-4-8-17)14(18)12-9-11(3)5-6-13(12)16(19)20/h5-6,9-10,17H,4,7-8H2,1-3H3. The van der Waals surface area contributed by atoms with Gasteiger partial charge in [0.2, 0.25) is 0 Å². The number of aliphatic hydroxyl groups is 1. The average molecular weight is 280 g/mol. The van der Waals surface area contributed by atoms with Crippen molar-refractivity contribution >= 4 is 11.6 Å². The Hall–Kier alpha value is -1.95. The molecule has 6 heteroatoms. The smallest absolute Gasteiger partial charge is 0.282 e. The minimum atomic E-state index is -0.544. The molecule has 0 saturated heterocycles. The summed E-state index contributed by atoms with van der Waals surface area (Å²) >= 11 is 0. The summed E-state index contributed by atoms with van der Waals surface area (Å²) in [5.41, 5.74) is 0.710. The molecule has 1 N–H and O–H groups in total. The zero-order valence-corrected chi connectivity index (χ0v) is 12.0. The van der Waals surface area contributed by atoms with Crippen LogP contribution >= 0.6 is 0 Å². The normalized spacial score (nSPS) is 10.7. The van der Waals surface area contributed by atoms with E-state index in [9.17, 15) is 14.9 Å². The van der Waals surface area contributed by atoms with Crippen LogP contribution in [0.4, 0.5) is 5.69 Å². The van der Waals surface area contributed by atoms with Gasteiger partial charge in [-0.1, -0.05) is 6.07 Å². The van der Waals surface area contributed by atoms with E-state index in [0.717, 1.165) is 5.56 Å². The van der Waals surface area contributed by atoms with Crippen molar-refractivity contribution < 1.29 is 14.8 Å². The van der Waals surface area contributed by atoms with Crippen molar-refractivity contribution in [3.05, 3.63) is 39.4 Å². The summed E-state index contributed by atoms with van der Waals surface area (Å²) in [6.07, 6.45) is 0.448. The average Bonchev–Trinajstić information content (AvgIpc) is 2.38. The van der Waals surface area contributed by atoms with Crippen LogP contribution in [0, 0.1) is 17.0 Å². The van der Waals surface area contributed by atoms with Gasteiger partial charge in [0, 0.05) is 25.3 Å². The summed E-state index contributed by atoms with van der Waals surface area (Å²) < 4.78 is 0. The summed E-state index contributed by atoms with van der Waals surface area (Å²) in [4.78, 5) is 24.5. The Morgan fingerprint density at radius 2 is 2.10 bits per heavy atom. The first-order valence-corrected chi connectivity index (χ1v) is 6.55. The fraction of sp³-hybridized carbons (Fsp3) is 0.500. The van der Waals surface area contributed by atoms with Crippen molar-refractivity contribution in [3.8, 4) is 0 Å². The molecule has 1 rings (SSSR count). The number of hydrogen-bond acceptors (Lipinski definition) is 4. The first-order chi connectivity index (χ1) is 9.38. The summed E-state index contributed by atoms with van der Waals surface area (Å²) in [6.45, 7) is 5.83. The first-order valence-electron chi connectivity index (χ1n) is 6.55. The van der Waals surface area contributed by atoms with E-state index in [1.165, 1.54) is 17.0 Å². The number of carbonyl (C=O) groups is 1. The number of carbonyl (C=O) groups excluding carboxylic acids is 1. The van der Waals surface area contributed by atoms with Crippen molar-refractivity contribution in [2.45, 2.75) is 33.2 Å². The van der Waals surface area contributed by atoms with Crippen LogP contribution in [0.3, 0.4) is 0 Å². The van der Waals surface area contributed by atoms with Gasteiger partial charge in [-0.05, 0) is 38.8 Å². The van der Waals surface area contributed by atoms with Crippen LogP contribution in [0.1, 0.15) is 36.2 Å². The third-order valence-electron chi connectivity index (χ3n) is 3.02. The molecule has 110 valence electrons. The molecule has 6 nitrogen and oxygen atoms in total. The second-order valence-corrected chi connectivity index (χ2v) is 4.95. The number of aliphatic hydroxyl groups excluding tert-OH is 1. The number of hydrogen-bond donors (Lipinski definition) is 1. The van der Waals surface area contributed by atoms with Gasteiger partial charge in [-0.25, -0.2) is 0 Å². The molecule has 0 unspecified atom stereocenters. The molecule has 1 amide bonds. The highest BCUT2D eigenvalue weighted by atomic mass is 16.6. The number of aryl methyl sites for hydroxylation is 1. The quantitative estimate of drug-likeness (QED) is 0.639. The molecule has 0 aliphatic carbocycles. The van der Waals surface area contributed by atoms with E-state index >= 15 is 0 Å². The van der Waals surface area contributed by atoms with E-state index in [1.807, 2.05) is 13.8 Å². The Bertz CT molecular complexity index is 500. The van der Waals surface area contributed by atoms with Crippen LogP contribution < -0.4 is 0 Å². The maximum Gasteiger partial charge on any atom is 0.282 e. The molecule has 0 aliphatic rings. The molecule has 0 radical (unpaired) electrons. The lowest BCUT2D eigenvalue weighted by Gasteiger charge is -2.26. The fourth-order valence-electron chi connectivity index (χ4n) is 1.97. The number of nitrogens with zero attached hydrogens (tertiary/aromatic N) is 2. The Kier molecular flexibility index (Phi) is 5.64. The minimum absolute atomic E-state index is 0.0214. The van der Waals surface area contributed by atoms with Crippen molar-refractivity contribution in [1.29, 1.82) is 0 Å². The topological polar surface area (TPSA) is 83.7 Å². The molecule has 0 aliphatic heterocycles. The molecule has 0 saturated carbocycles. The van der Waals surface area contributed by atoms with E-state index in [-0.39, 0.29) is 29.8 Å². The van der Waals surface area contributed by atoms with E-state index in [2.05, 4.69) is 0 Å². The van der Waals surface area contributed by atoms with Crippen molar-refractivity contribution in [2.75, 3.05) is 13.2 Å². The van der Waals surface area contributed by atoms with E-state index in [0.29, 0.717) is 13.0 Å². The van der Waals surface area contributed by atoms with Gasteiger partial charge in [0.1, 0.15) is 5.56 Å². The number of rotatable bonds is 6. The van der Waals surface area contributed by atoms with Crippen LogP contribution in [-0.2, 0) is 0 Å². The number of nitro groups is 1. The maximum atomic E-state index is 12.5. The number of amides is 1. The van der Waals surface area contributed by atoms with Gasteiger partial charge in [-0.15, -0.1) is 0 Å². The highest BCUT2D eigenvalue weighted by Gasteiger charge is 2.26. The van der Waals surface area contributed by atoms with Crippen LogP contribution in [-0.4, -0.2) is 40.0 Å². The highest BCUT2D eigenvalue weighted by Crippen LogP contribution is 2.22. The monoisotopic (exact) mass is 280 g/mol. The summed E-state index contributed by atoms with van der Waals surface area (Å²) in [6, 6.07) is 4.42. The Balaban J connectivity index is 3.16. The molecular formula is C14H20N2O4. The maximum absolute atomic E-state index is 12.5. The molecule has 1 aromatic carbocycles. The molecule has 0 heterocycles. The summed E-state index contributed by atoms with van der Waals surface area (Å²) in [5, 5.41) is 19.9. The molecule has 0 aromatic heterocycles. The third-order valence-corrected chi connectivity index (χ3v) is 3.02. The molecule has 0 fully saturated rings. The Labute approximate surface area is 118 Å². The summed E-state index contributed by atoms with van der Waals surface area (Å²) in [5.74, 6) is -0.371. The fourth-order valence-corrected chi connectivity index (χ4v) is 1.97. The zero-order valence-electron chi connectivity index (χ0n) is 12.0. The Morgan fingerprint density at radius 1 is 1.45 bits per heavy atom. The molecular weight excluding hydrogens is 260 g/mol. The van der Waals surface area contributed by atoms with Crippen LogP contribution in [0.2, 0.25) is 0 Å². The van der Waals surface area contributed by atoms with Crippen molar-refractivity contribution in [2.24, 2.45) is 0 Å². The molecule has 0 spiro atoms. The van der Waals surface area contributed by atoms with Crippen molar-refractivity contribution in [1.82, 2.24) is 4.90 Å². The second kappa shape index (κ2) is 7.00. The van der Waals surface area contributed by atoms with Crippen LogP contribution in [0.25, 0.3) is 0 Å². The van der Waals surface area contributed by atoms with Gasteiger partial charge in [0.25, 0.3) is 11.6 Å². The van der Waals surface area contributed by atoms with Crippen LogP contribution in [0.5, 0.6) is 0 Å². The van der Waals surface area contributed by atoms with Gasteiger partial charge in [0.15, 0.2) is 0 Å². The highest BCUT2D eigenvalue weighted by molar-refractivity contribution is 5.98. The lowest BCUT2D eigenvalue weighted by molar-refractivity contribution is -0.385. The van der Waals surface area contributed by atoms with Gasteiger partial charge < -0.3 is 10.0 Å². The lowest BCUT2D eigenvalue weighted by atomic mass is 10.1. The van der Waals surface area contributed by atoms with Gasteiger partial charge >= 0.3 is 0 Å². The predicted molar refractivity (Wildman–Crippen MR) is 75.7 cm³/mol. The molecule has 20 heavy (non-hydrogen) atoms. The van der Waals surface area contributed by atoms with Crippen LogP contribution in [0.15, 0.2) is 18.2 Å². The predicted octanol–water partition coefficient (Wildman–Crippen LogP) is 2.14. The largest absolute Gasteiger partial charge is 0.396 e. The Morgan fingerprint density at radius 3 is 2.60 bits per heavy atom. The second-order valence-electron chi connectivity index (χ2n) is 4.95. The van der Waals surface area contributed by atoms with Gasteiger partial charge in [0.05, 0.1) is 4.92 Å². The lowest BCUT2D eigenvalue weighted by Crippen LogP contribution is -2.38. The first kappa shape index (κ1) is 16.1. The number of nitro benzene ring substituents is 1. The van der Waals surface area contributed by atoms with Gasteiger partial charge in [-0.3, -0.25) is 14.9 Å². The molecule has 1 aromatic rings. The van der Waals surface area contributed by atoms with E-state index in [1.54, 1.807) is 13.0 Å². The van der Waals surface area contributed by atoms with E-state index < -0.39 is 4.92 Å². The minimum Gasteiger partial charge on any atom is -0.396 e. The van der Waals surface area contributed by atoms with E-state index in [4.69, 9.17) is 5.11 Å². The molecule has 0 bridgehead atoms. The SMILES string of the molecule is Cc1ccc([N+](=O)[O-])c(C(=O)N(CCCO)C(C)C)c1. The van der Waals surface area contributed by atoms with Gasteiger partial charge in [-0.2, -0.15) is 0 Å².